The van der Waals surface area contributed by atoms with Crippen LogP contribution >= 0.6 is 11.6 Å². The van der Waals surface area contributed by atoms with Crippen molar-refractivity contribution in [1.29, 1.82) is 0 Å². The highest BCUT2D eigenvalue weighted by molar-refractivity contribution is 6.32. The molecule has 5 nitrogen and oxygen atoms in total. The van der Waals surface area contributed by atoms with Gasteiger partial charge in [0.25, 0.3) is 0 Å². The maximum Gasteiger partial charge on any atom is 0.335 e. The van der Waals surface area contributed by atoms with Crippen molar-refractivity contribution >= 4 is 23.4 Å². The third kappa shape index (κ3) is 3.81. The fraction of sp³-hybridized carbons (Fsp3) is 0.294. The van der Waals surface area contributed by atoms with Gasteiger partial charge >= 0.3 is 5.97 Å². The number of hydrogen-bond acceptors (Lipinski definition) is 4. The molecule has 0 bridgehead atoms. The smallest absolute Gasteiger partial charge is 0.335 e. The summed E-state index contributed by atoms with van der Waals surface area (Å²) >= 11 is 6.20. The van der Waals surface area contributed by atoms with Gasteiger partial charge in [-0.25, -0.2) is 9.78 Å². The molecule has 2 aromatic rings. The van der Waals surface area contributed by atoms with E-state index < -0.39 is 5.97 Å². The average Bonchev–Trinajstić information content (AvgIpc) is 2.57. The van der Waals surface area contributed by atoms with Gasteiger partial charge in [0, 0.05) is 38.9 Å². The van der Waals surface area contributed by atoms with Gasteiger partial charge in [-0.2, -0.15) is 0 Å². The molecule has 0 saturated carbocycles. The van der Waals surface area contributed by atoms with Crippen LogP contribution in [0, 0.1) is 0 Å². The predicted octanol–water partition coefficient (Wildman–Crippen LogP) is 2.76. The van der Waals surface area contributed by atoms with E-state index in [0.29, 0.717) is 10.6 Å². The average molecular weight is 332 g/mol. The molecule has 0 radical (unpaired) electrons. The number of aromatic carboxylic acids is 1. The van der Waals surface area contributed by atoms with Crippen LogP contribution in [0.2, 0.25) is 5.02 Å². The Morgan fingerprint density at radius 2 is 1.83 bits per heavy atom. The van der Waals surface area contributed by atoms with Crippen molar-refractivity contribution in [3.8, 4) is 0 Å². The molecule has 2 heterocycles. The molecule has 1 aromatic heterocycles. The van der Waals surface area contributed by atoms with Crippen LogP contribution in [0.5, 0.6) is 0 Å². The summed E-state index contributed by atoms with van der Waals surface area (Å²) in [5.74, 6) is -0.0444. The summed E-state index contributed by atoms with van der Waals surface area (Å²) in [7, 11) is 0. The highest BCUT2D eigenvalue weighted by atomic mass is 35.5. The predicted molar refractivity (Wildman–Crippen MR) is 90.1 cm³/mol. The minimum atomic E-state index is -0.891. The van der Waals surface area contributed by atoms with Crippen LogP contribution in [0.1, 0.15) is 15.9 Å². The molecule has 1 aliphatic heterocycles. The van der Waals surface area contributed by atoms with Crippen LogP contribution in [-0.2, 0) is 6.54 Å². The second-order valence-electron chi connectivity index (χ2n) is 5.57. The van der Waals surface area contributed by atoms with Crippen LogP contribution in [0.15, 0.2) is 42.6 Å². The first-order valence-electron chi connectivity index (χ1n) is 7.53. The summed E-state index contributed by atoms with van der Waals surface area (Å²) in [4.78, 5) is 19.8. The van der Waals surface area contributed by atoms with E-state index in [1.165, 1.54) is 0 Å². The first kappa shape index (κ1) is 15.8. The Kier molecular flexibility index (Phi) is 4.79. The quantitative estimate of drug-likeness (QED) is 0.933. The molecule has 6 heteroatoms. The lowest BCUT2D eigenvalue weighted by Crippen LogP contribution is -2.46. The monoisotopic (exact) mass is 331 g/mol. The highest BCUT2D eigenvalue weighted by Crippen LogP contribution is 2.23. The second kappa shape index (κ2) is 6.98. The van der Waals surface area contributed by atoms with Gasteiger partial charge in [-0.05, 0) is 29.8 Å². The summed E-state index contributed by atoms with van der Waals surface area (Å²) in [5.41, 5.74) is 1.45. The zero-order valence-electron chi connectivity index (χ0n) is 12.7. The van der Waals surface area contributed by atoms with Gasteiger partial charge in [-0.15, -0.1) is 0 Å². The molecule has 23 heavy (non-hydrogen) atoms. The molecule has 1 N–H and O–H groups in total. The fourth-order valence-corrected chi connectivity index (χ4v) is 2.98. The number of aromatic nitrogens is 1. The summed E-state index contributed by atoms with van der Waals surface area (Å²) in [6.07, 6.45) is 1.76. The Labute approximate surface area is 140 Å². The Bertz CT molecular complexity index is 682. The molecule has 3 rings (SSSR count). The highest BCUT2D eigenvalue weighted by Gasteiger charge is 2.19. The number of benzene rings is 1. The number of piperazine rings is 1. The number of pyridine rings is 1. The lowest BCUT2D eigenvalue weighted by molar-refractivity contribution is 0.0697. The van der Waals surface area contributed by atoms with Crippen molar-refractivity contribution in [3.05, 3.63) is 58.7 Å². The molecule has 1 fully saturated rings. The Balaban J connectivity index is 1.57. The van der Waals surface area contributed by atoms with E-state index in [2.05, 4.69) is 14.8 Å². The Morgan fingerprint density at radius 1 is 1.13 bits per heavy atom. The topological polar surface area (TPSA) is 56.7 Å². The van der Waals surface area contributed by atoms with Gasteiger partial charge in [0.1, 0.15) is 5.82 Å². The third-order valence-corrected chi connectivity index (χ3v) is 4.31. The molecule has 1 aliphatic rings. The molecule has 0 atom stereocenters. The molecule has 0 spiro atoms. The minimum absolute atomic E-state index is 0.323. The summed E-state index contributed by atoms with van der Waals surface area (Å²) in [5, 5.41) is 9.61. The molecule has 0 amide bonds. The third-order valence-electron chi connectivity index (χ3n) is 4.02. The van der Waals surface area contributed by atoms with Crippen LogP contribution in [-0.4, -0.2) is 47.1 Å². The maximum absolute atomic E-state index is 10.9. The van der Waals surface area contributed by atoms with Gasteiger partial charge in [-0.3, -0.25) is 4.90 Å². The van der Waals surface area contributed by atoms with Crippen molar-refractivity contribution in [2.45, 2.75) is 6.54 Å². The van der Waals surface area contributed by atoms with E-state index in [9.17, 15) is 4.79 Å². The standard InChI is InChI=1S/C17H18ClN3O2/c18-15-2-1-7-19-16(15)21-10-8-20(9-11-21)12-13-3-5-14(6-4-13)17(22)23/h1-7H,8-12H2,(H,22,23). The first-order valence-corrected chi connectivity index (χ1v) is 7.91. The second-order valence-corrected chi connectivity index (χ2v) is 5.98. The van der Waals surface area contributed by atoms with E-state index in [1.807, 2.05) is 24.3 Å². The minimum Gasteiger partial charge on any atom is -0.478 e. The van der Waals surface area contributed by atoms with E-state index in [4.69, 9.17) is 16.7 Å². The van der Waals surface area contributed by atoms with Gasteiger partial charge in [-0.1, -0.05) is 23.7 Å². The molecular weight excluding hydrogens is 314 g/mol. The molecule has 1 aromatic carbocycles. The van der Waals surface area contributed by atoms with Gasteiger partial charge in [0.15, 0.2) is 0 Å². The number of hydrogen-bond donors (Lipinski definition) is 1. The number of halogens is 1. The van der Waals surface area contributed by atoms with Gasteiger partial charge in [0.2, 0.25) is 0 Å². The Hall–Kier alpha value is -2.11. The fourth-order valence-electron chi connectivity index (χ4n) is 2.74. The van der Waals surface area contributed by atoms with Crippen molar-refractivity contribution in [2.24, 2.45) is 0 Å². The van der Waals surface area contributed by atoms with Crippen LogP contribution < -0.4 is 4.90 Å². The van der Waals surface area contributed by atoms with Crippen molar-refractivity contribution in [3.63, 3.8) is 0 Å². The van der Waals surface area contributed by atoms with E-state index in [-0.39, 0.29) is 0 Å². The van der Waals surface area contributed by atoms with Crippen molar-refractivity contribution in [2.75, 3.05) is 31.1 Å². The lowest BCUT2D eigenvalue weighted by Gasteiger charge is -2.35. The van der Waals surface area contributed by atoms with Gasteiger partial charge in [0.05, 0.1) is 10.6 Å². The Morgan fingerprint density at radius 3 is 2.43 bits per heavy atom. The zero-order valence-corrected chi connectivity index (χ0v) is 13.4. The number of carboxylic acid groups (broad SMARTS) is 1. The lowest BCUT2D eigenvalue weighted by atomic mass is 10.1. The first-order chi connectivity index (χ1) is 11.1. The summed E-state index contributed by atoms with van der Waals surface area (Å²) in [6, 6.07) is 10.8. The van der Waals surface area contributed by atoms with Crippen LogP contribution in [0.3, 0.4) is 0 Å². The molecule has 0 aliphatic carbocycles. The van der Waals surface area contributed by atoms with Crippen LogP contribution in [0.25, 0.3) is 0 Å². The van der Waals surface area contributed by atoms with E-state index in [1.54, 1.807) is 18.3 Å². The van der Waals surface area contributed by atoms with Crippen LogP contribution in [0.4, 0.5) is 5.82 Å². The van der Waals surface area contributed by atoms with E-state index >= 15 is 0 Å². The maximum atomic E-state index is 10.9. The normalized spacial score (nSPS) is 15.6. The molecule has 120 valence electrons. The molecular formula is C17H18ClN3O2. The number of carbonyl (C=O) groups is 1. The van der Waals surface area contributed by atoms with Gasteiger partial charge < -0.3 is 10.0 Å². The van der Waals surface area contributed by atoms with Crippen molar-refractivity contribution < 1.29 is 9.90 Å². The van der Waals surface area contributed by atoms with E-state index in [0.717, 1.165) is 44.1 Å². The SMILES string of the molecule is O=C(O)c1ccc(CN2CCN(c3ncccc3Cl)CC2)cc1. The number of anilines is 1. The zero-order chi connectivity index (χ0) is 16.2. The number of carboxylic acids is 1. The molecule has 0 unspecified atom stereocenters. The number of rotatable bonds is 4. The summed E-state index contributed by atoms with van der Waals surface area (Å²) in [6.45, 7) is 4.43. The van der Waals surface area contributed by atoms with Crippen molar-refractivity contribution in [1.82, 2.24) is 9.88 Å². The molecule has 1 saturated heterocycles. The largest absolute Gasteiger partial charge is 0.478 e. The summed E-state index contributed by atoms with van der Waals surface area (Å²) < 4.78 is 0. The number of nitrogens with zero attached hydrogens (tertiary/aromatic N) is 3.